The summed E-state index contributed by atoms with van der Waals surface area (Å²) in [6.07, 6.45) is 11.6. The van der Waals surface area contributed by atoms with Crippen LogP contribution in [0.1, 0.15) is 60.3 Å². The Balaban J connectivity index is 3.63. The molecule has 0 heterocycles. The van der Waals surface area contributed by atoms with Gasteiger partial charge in [-0.1, -0.05) is 44.6 Å². The Morgan fingerprint density at radius 2 is 1.86 bits per heavy atom. The van der Waals surface area contributed by atoms with E-state index < -0.39 is 0 Å². The molecule has 0 atom stereocenters. The highest BCUT2D eigenvalue weighted by molar-refractivity contribution is 5.01. The summed E-state index contributed by atoms with van der Waals surface area (Å²) < 4.78 is 0. The lowest BCUT2D eigenvalue weighted by molar-refractivity contribution is 0.365. The highest BCUT2D eigenvalue weighted by Crippen LogP contribution is 2.22. The molecule has 0 rings (SSSR count). The normalized spacial score (nSPS) is 13.9. The quantitative estimate of drug-likeness (QED) is 0.533. The van der Waals surface area contributed by atoms with Gasteiger partial charge >= 0.3 is 0 Å². The Kier molecular flexibility index (Phi) is 6.61. The standard InChI is InChI=1S/C14H26/c1-6-7-8-10-13(2)11-9-12-14(3,4)5/h6-7,10H,8-9,11-12H2,1-5H3/b7-6+,13-10+. The number of hydrogen-bond donors (Lipinski definition) is 0. The maximum Gasteiger partial charge on any atom is -0.0167 e. The van der Waals surface area contributed by atoms with Crippen molar-refractivity contribution < 1.29 is 0 Å². The molecule has 0 fully saturated rings. The minimum absolute atomic E-state index is 0.490. The molecule has 0 N–H and O–H groups in total. The van der Waals surface area contributed by atoms with Crippen LogP contribution in [0.3, 0.4) is 0 Å². The van der Waals surface area contributed by atoms with Crippen LogP contribution in [-0.4, -0.2) is 0 Å². The van der Waals surface area contributed by atoms with Gasteiger partial charge in [0.25, 0.3) is 0 Å². The lowest BCUT2D eigenvalue weighted by atomic mass is 9.89. The Morgan fingerprint density at radius 1 is 1.21 bits per heavy atom. The molecule has 0 aromatic rings. The van der Waals surface area contributed by atoms with Gasteiger partial charge in [0, 0.05) is 0 Å². The summed E-state index contributed by atoms with van der Waals surface area (Å²) in [7, 11) is 0. The van der Waals surface area contributed by atoms with Gasteiger partial charge in [-0.25, -0.2) is 0 Å². The van der Waals surface area contributed by atoms with E-state index in [1.165, 1.54) is 24.8 Å². The molecule has 0 saturated carbocycles. The van der Waals surface area contributed by atoms with Crippen molar-refractivity contribution in [2.75, 3.05) is 0 Å². The smallest absolute Gasteiger partial charge is 0.0167 e. The molecule has 0 aromatic carbocycles. The molecule has 0 unspecified atom stereocenters. The van der Waals surface area contributed by atoms with Crippen molar-refractivity contribution in [2.24, 2.45) is 5.41 Å². The topological polar surface area (TPSA) is 0 Å². The van der Waals surface area contributed by atoms with Gasteiger partial charge in [-0.15, -0.1) is 0 Å². The zero-order valence-corrected chi connectivity index (χ0v) is 10.6. The first-order valence-electron chi connectivity index (χ1n) is 5.72. The van der Waals surface area contributed by atoms with Crippen LogP contribution in [0.5, 0.6) is 0 Å². The summed E-state index contributed by atoms with van der Waals surface area (Å²) in [4.78, 5) is 0. The van der Waals surface area contributed by atoms with E-state index >= 15 is 0 Å². The zero-order chi connectivity index (χ0) is 11.0. The lowest BCUT2D eigenvalue weighted by Crippen LogP contribution is -2.03. The highest BCUT2D eigenvalue weighted by Gasteiger charge is 2.08. The van der Waals surface area contributed by atoms with E-state index in [4.69, 9.17) is 0 Å². The minimum atomic E-state index is 0.490. The summed E-state index contributed by atoms with van der Waals surface area (Å²) in [5.74, 6) is 0. The van der Waals surface area contributed by atoms with E-state index in [9.17, 15) is 0 Å². The molecule has 14 heavy (non-hydrogen) atoms. The van der Waals surface area contributed by atoms with E-state index in [2.05, 4.69) is 52.8 Å². The van der Waals surface area contributed by atoms with Crippen molar-refractivity contribution >= 4 is 0 Å². The maximum atomic E-state index is 2.34. The van der Waals surface area contributed by atoms with Crippen molar-refractivity contribution in [2.45, 2.75) is 60.3 Å². The lowest BCUT2D eigenvalue weighted by Gasteiger charge is -2.17. The van der Waals surface area contributed by atoms with Gasteiger partial charge in [0.1, 0.15) is 0 Å². The Hall–Kier alpha value is -0.520. The number of rotatable bonds is 5. The van der Waals surface area contributed by atoms with E-state index in [1.54, 1.807) is 0 Å². The second-order valence-corrected chi connectivity index (χ2v) is 5.27. The van der Waals surface area contributed by atoms with Crippen LogP contribution in [-0.2, 0) is 0 Å². The Labute approximate surface area is 90.1 Å². The fourth-order valence-electron chi connectivity index (χ4n) is 1.40. The number of allylic oxidation sites excluding steroid dienone is 4. The third-order valence-corrected chi connectivity index (χ3v) is 2.34. The van der Waals surface area contributed by atoms with Crippen LogP contribution in [0.25, 0.3) is 0 Å². The molecule has 0 spiro atoms. The summed E-state index contributed by atoms with van der Waals surface area (Å²) in [6, 6.07) is 0. The van der Waals surface area contributed by atoms with Gasteiger partial charge in [-0.2, -0.15) is 0 Å². The van der Waals surface area contributed by atoms with Crippen LogP contribution in [0.2, 0.25) is 0 Å². The first-order chi connectivity index (χ1) is 6.45. The molecule has 0 aliphatic heterocycles. The Morgan fingerprint density at radius 3 is 2.36 bits per heavy atom. The molecule has 0 heteroatoms. The SMILES string of the molecule is C/C=C/C/C=C(\C)CCCC(C)(C)C. The van der Waals surface area contributed by atoms with Crippen LogP contribution in [0, 0.1) is 5.41 Å². The molecule has 0 bridgehead atoms. The zero-order valence-electron chi connectivity index (χ0n) is 10.6. The van der Waals surface area contributed by atoms with Gasteiger partial charge < -0.3 is 0 Å². The van der Waals surface area contributed by atoms with E-state index in [0.29, 0.717) is 5.41 Å². The third-order valence-electron chi connectivity index (χ3n) is 2.34. The van der Waals surface area contributed by atoms with Crippen LogP contribution < -0.4 is 0 Å². The van der Waals surface area contributed by atoms with E-state index in [-0.39, 0.29) is 0 Å². The summed E-state index contributed by atoms with van der Waals surface area (Å²) in [5.41, 5.74) is 2.02. The van der Waals surface area contributed by atoms with Gasteiger partial charge in [0.05, 0.1) is 0 Å². The first-order valence-corrected chi connectivity index (χ1v) is 5.72. The van der Waals surface area contributed by atoms with Crippen LogP contribution >= 0.6 is 0 Å². The summed E-state index contributed by atoms with van der Waals surface area (Å²) in [6.45, 7) is 11.2. The predicted octanol–water partition coefficient (Wildman–Crippen LogP) is 5.12. The maximum absolute atomic E-state index is 2.34. The van der Waals surface area contributed by atoms with E-state index in [1.807, 2.05) is 0 Å². The average Bonchev–Trinajstić information content (AvgIpc) is 2.02. The van der Waals surface area contributed by atoms with Crippen molar-refractivity contribution in [3.05, 3.63) is 23.8 Å². The van der Waals surface area contributed by atoms with Crippen LogP contribution in [0.4, 0.5) is 0 Å². The molecule has 0 radical (unpaired) electrons. The van der Waals surface area contributed by atoms with Crippen molar-refractivity contribution in [3.63, 3.8) is 0 Å². The molecule has 0 amide bonds. The summed E-state index contributed by atoms with van der Waals surface area (Å²) >= 11 is 0. The van der Waals surface area contributed by atoms with Gasteiger partial charge in [-0.05, 0) is 44.9 Å². The van der Waals surface area contributed by atoms with E-state index in [0.717, 1.165) is 6.42 Å². The van der Waals surface area contributed by atoms with Crippen molar-refractivity contribution in [3.8, 4) is 0 Å². The third kappa shape index (κ3) is 9.57. The number of hydrogen-bond acceptors (Lipinski definition) is 0. The minimum Gasteiger partial charge on any atom is -0.0914 e. The molecule has 0 saturated heterocycles. The van der Waals surface area contributed by atoms with Gasteiger partial charge in [0.15, 0.2) is 0 Å². The fraction of sp³-hybridized carbons (Fsp3) is 0.714. The van der Waals surface area contributed by atoms with Gasteiger partial charge in [0.2, 0.25) is 0 Å². The van der Waals surface area contributed by atoms with Gasteiger partial charge in [-0.3, -0.25) is 0 Å². The molecular weight excluding hydrogens is 168 g/mol. The monoisotopic (exact) mass is 194 g/mol. The molecule has 0 aliphatic carbocycles. The molecule has 82 valence electrons. The predicted molar refractivity (Wildman–Crippen MR) is 66.5 cm³/mol. The molecular formula is C14H26. The second kappa shape index (κ2) is 6.86. The highest BCUT2D eigenvalue weighted by atomic mass is 14.1. The fourth-order valence-corrected chi connectivity index (χ4v) is 1.40. The largest absolute Gasteiger partial charge is 0.0914 e. The second-order valence-electron chi connectivity index (χ2n) is 5.27. The van der Waals surface area contributed by atoms with Crippen LogP contribution in [0.15, 0.2) is 23.8 Å². The first kappa shape index (κ1) is 13.5. The Bertz CT molecular complexity index is 189. The average molecular weight is 194 g/mol. The van der Waals surface area contributed by atoms with Crippen molar-refractivity contribution in [1.82, 2.24) is 0 Å². The molecule has 0 aliphatic rings. The summed E-state index contributed by atoms with van der Waals surface area (Å²) in [5, 5.41) is 0. The van der Waals surface area contributed by atoms with Crippen molar-refractivity contribution in [1.29, 1.82) is 0 Å². The molecule has 0 aromatic heterocycles. The molecule has 0 nitrogen and oxygen atoms in total.